The van der Waals surface area contributed by atoms with Crippen LogP contribution in [0.2, 0.25) is 0 Å². The van der Waals surface area contributed by atoms with Gasteiger partial charge in [-0.05, 0) is 25.5 Å². The van der Waals surface area contributed by atoms with Gasteiger partial charge in [0.05, 0.1) is 19.0 Å². The standard InChI is InChI=1S/C21H27N3O4/c1-22-10-7-20(27,8-11-22)19(26)23-12-9-21-17(23)13-18(25)24(21)14-16(28-21)15-5-3-2-4-6-15/h2-6,16-17,27H,7-14H2,1H3/t16-,17-,21+/m1/s1. The summed E-state index contributed by atoms with van der Waals surface area (Å²) in [4.78, 5) is 31.7. The lowest BCUT2D eigenvalue weighted by atomic mass is 9.89. The molecule has 3 atom stereocenters. The van der Waals surface area contributed by atoms with Crippen molar-refractivity contribution in [1.29, 1.82) is 0 Å². The van der Waals surface area contributed by atoms with Gasteiger partial charge < -0.3 is 24.5 Å². The van der Waals surface area contributed by atoms with Gasteiger partial charge in [0, 0.05) is 26.1 Å². The molecule has 0 bridgehead atoms. The maximum Gasteiger partial charge on any atom is 0.255 e. The van der Waals surface area contributed by atoms with Crippen molar-refractivity contribution < 1.29 is 19.4 Å². The predicted molar refractivity (Wildman–Crippen MR) is 101 cm³/mol. The molecule has 7 heteroatoms. The highest BCUT2D eigenvalue weighted by molar-refractivity contribution is 5.89. The van der Waals surface area contributed by atoms with E-state index in [0.29, 0.717) is 45.4 Å². The second kappa shape index (κ2) is 6.27. The minimum atomic E-state index is -1.33. The molecular formula is C21H27N3O4. The number of aliphatic hydroxyl groups is 1. The lowest BCUT2D eigenvalue weighted by molar-refractivity contribution is -0.161. The summed E-state index contributed by atoms with van der Waals surface area (Å²) in [5.74, 6) is -0.194. The number of ether oxygens (including phenoxy) is 1. The van der Waals surface area contributed by atoms with E-state index in [9.17, 15) is 14.7 Å². The first kappa shape index (κ1) is 18.1. The van der Waals surface area contributed by atoms with Gasteiger partial charge in [0.15, 0.2) is 5.72 Å². The minimum Gasteiger partial charge on any atom is -0.380 e. The van der Waals surface area contributed by atoms with E-state index in [-0.39, 0.29) is 30.4 Å². The van der Waals surface area contributed by atoms with Crippen molar-refractivity contribution in [2.75, 3.05) is 33.2 Å². The Morgan fingerprint density at radius 2 is 1.86 bits per heavy atom. The van der Waals surface area contributed by atoms with Crippen molar-refractivity contribution >= 4 is 11.8 Å². The number of amides is 2. The normalized spacial score (nSPS) is 34.6. The summed E-state index contributed by atoms with van der Waals surface area (Å²) in [6.45, 7) is 2.44. The highest BCUT2D eigenvalue weighted by Gasteiger charge is 2.66. The highest BCUT2D eigenvalue weighted by Crippen LogP contribution is 2.51. The number of hydrogen-bond acceptors (Lipinski definition) is 5. The molecule has 1 aromatic rings. The van der Waals surface area contributed by atoms with Crippen LogP contribution in [0.15, 0.2) is 30.3 Å². The third kappa shape index (κ3) is 2.53. The lowest BCUT2D eigenvalue weighted by Crippen LogP contribution is -2.57. The van der Waals surface area contributed by atoms with Crippen LogP contribution in [-0.2, 0) is 14.3 Å². The van der Waals surface area contributed by atoms with E-state index < -0.39 is 11.3 Å². The SMILES string of the molecule is CN1CCC(O)(C(=O)N2CC[C@@]34O[C@@H](c5ccccc5)CN3C(=O)C[C@@H]24)CC1. The molecule has 7 nitrogen and oxygen atoms in total. The number of benzene rings is 1. The van der Waals surface area contributed by atoms with Crippen LogP contribution in [0, 0.1) is 0 Å². The average Bonchev–Trinajstić information content (AvgIpc) is 3.33. The number of carbonyl (C=O) groups is 2. The number of piperidine rings is 1. The van der Waals surface area contributed by atoms with E-state index in [4.69, 9.17) is 4.74 Å². The second-order valence-corrected chi connectivity index (χ2v) is 8.67. The number of likely N-dealkylation sites (tertiary alicyclic amines) is 2. The zero-order valence-corrected chi connectivity index (χ0v) is 16.2. The minimum absolute atomic E-state index is 0.0382. The Bertz CT molecular complexity index is 792. The average molecular weight is 385 g/mol. The molecule has 4 aliphatic rings. The smallest absolute Gasteiger partial charge is 0.255 e. The van der Waals surface area contributed by atoms with Gasteiger partial charge in [0.25, 0.3) is 5.91 Å². The first-order chi connectivity index (χ1) is 13.4. The molecule has 0 radical (unpaired) electrons. The van der Waals surface area contributed by atoms with Crippen LogP contribution in [0.25, 0.3) is 0 Å². The Kier molecular flexibility index (Phi) is 4.05. The van der Waals surface area contributed by atoms with Gasteiger partial charge in [-0.25, -0.2) is 0 Å². The van der Waals surface area contributed by atoms with Crippen LogP contribution in [0.5, 0.6) is 0 Å². The Balaban J connectivity index is 1.40. The molecule has 5 rings (SSSR count). The second-order valence-electron chi connectivity index (χ2n) is 8.67. The van der Waals surface area contributed by atoms with Crippen molar-refractivity contribution in [2.24, 2.45) is 0 Å². The van der Waals surface area contributed by atoms with Gasteiger partial charge in [-0.1, -0.05) is 30.3 Å². The van der Waals surface area contributed by atoms with Crippen molar-refractivity contribution in [2.45, 2.75) is 49.2 Å². The van der Waals surface area contributed by atoms with Gasteiger partial charge in [-0.3, -0.25) is 9.59 Å². The maximum atomic E-state index is 13.3. The Morgan fingerprint density at radius 3 is 2.57 bits per heavy atom. The highest BCUT2D eigenvalue weighted by atomic mass is 16.5. The molecule has 4 fully saturated rings. The van der Waals surface area contributed by atoms with Crippen LogP contribution in [-0.4, -0.2) is 82.2 Å². The van der Waals surface area contributed by atoms with Gasteiger partial charge >= 0.3 is 0 Å². The maximum absolute atomic E-state index is 13.3. The molecule has 0 saturated carbocycles. The monoisotopic (exact) mass is 385 g/mol. The summed E-state index contributed by atoms with van der Waals surface area (Å²) < 4.78 is 6.49. The first-order valence-corrected chi connectivity index (χ1v) is 10.2. The zero-order valence-electron chi connectivity index (χ0n) is 16.2. The molecule has 1 aromatic carbocycles. The van der Waals surface area contributed by atoms with Gasteiger partial charge in [0.2, 0.25) is 5.91 Å². The van der Waals surface area contributed by atoms with Crippen molar-refractivity contribution in [3.8, 4) is 0 Å². The van der Waals surface area contributed by atoms with Crippen molar-refractivity contribution in [3.63, 3.8) is 0 Å². The molecular weight excluding hydrogens is 358 g/mol. The molecule has 1 N–H and O–H groups in total. The molecule has 0 aromatic heterocycles. The van der Waals surface area contributed by atoms with Crippen LogP contribution >= 0.6 is 0 Å². The summed E-state index contributed by atoms with van der Waals surface area (Å²) in [5.41, 5.74) is -1.02. The molecule has 4 heterocycles. The van der Waals surface area contributed by atoms with Crippen LogP contribution in [0.3, 0.4) is 0 Å². The molecule has 4 aliphatic heterocycles. The van der Waals surface area contributed by atoms with Gasteiger partial charge in [-0.2, -0.15) is 0 Å². The topological polar surface area (TPSA) is 73.3 Å². The summed E-state index contributed by atoms with van der Waals surface area (Å²) >= 11 is 0. The third-order valence-electron chi connectivity index (χ3n) is 7.07. The van der Waals surface area contributed by atoms with Gasteiger partial charge in [0.1, 0.15) is 11.7 Å². The fraction of sp³-hybridized carbons (Fsp3) is 0.619. The first-order valence-electron chi connectivity index (χ1n) is 10.2. The molecule has 0 aliphatic carbocycles. The van der Waals surface area contributed by atoms with Crippen molar-refractivity contribution in [1.82, 2.24) is 14.7 Å². The van der Waals surface area contributed by atoms with E-state index in [1.807, 2.05) is 42.3 Å². The van der Waals surface area contributed by atoms with Crippen LogP contribution in [0.1, 0.15) is 37.4 Å². The summed E-state index contributed by atoms with van der Waals surface area (Å²) in [6, 6.07) is 9.62. The van der Waals surface area contributed by atoms with E-state index in [1.165, 1.54) is 0 Å². The Hall–Kier alpha value is -1.96. The molecule has 4 saturated heterocycles. The van der Waals surface area contributed by atoms with Crippen molar-refractivity contribution in [3.05, 3.63) is 35.9 Å². The molecule has 1 spiro atoms. The largest absolute Gasteiger partial charge is 0.380 e. The quantitative estimate of drug-likeness (QED) is 0.813. The van der Waals surface area contributed by atoms with E-state index >= 15 is 0 Å². The fourth-order valence-electron chi connectivity index (χ4n) is 5.38. The number of rotatable bonds is 2. The van der Waals surface area contributed by atoms with E-state index in [0.717, 1.165) is 5.56 Å². The fourth-order valence-corrected chi connectivity index (χ4v) is 5.38. The molecule has 150 valence electrons. The van der Waals surface area contributed by atoms with E-state index in [2.05, 4.69) is 4.90 Å². The summed E-state index contributed by atoms with van der Waals surface area (Å²) in [5, 5.41) is 11.0. The third-order valence-corrected chi connectivity index (χ3v) is 7.07. The molecule has 0 unspecified atom stereocenters. The summed E-state index contributed by atoms with van der Waals surface area (Å²) in [6.07, 6.45) is 1.58. The number of carbonyl (C=O) groups excluding carboxylic acids is 2. The van der Waals surface area contributed by atoms with Gasteiger partial charge in [-0.15, -0.1) is 0 Å². The summed E-state index contributed by atoms with van der Waals surface area (Å²) in [7, 11) is 2.00. The van der Waals surface area contributed by atoms with Crippen LogP contribution < -0.4 is 0 Å². The van der Waals surface area contributed by atoms with Crippen LogP contribution in [0.4, 0.5) is 0 Å². The predicted octanol–water partition coefficient (Wildman–Crippen LogP) is 0.744. The Morgan fingerprint density at radius 1 is 1.14 bits per heavy atom. The zero-order chi connectivity index (χ0) is 19.5. The number of nitrogens with zero attached hydrogens (tertiary/aromatic N) is 3. The molecule has 2 amide bonds. The Labute approximate surface area is 164 Å². The van der Waals surface area contributed by atoms with E-state index in [1.54, 1.807) is 4.90 Å². The molecule has 28 heavy (non-hydrogen) atoms. The lowest BCUT2D eigenvalue weighted by Gasteiger charge is -2.39. The number of hydrogen-bond donors (Lipinski definition) is 1.